The number of thiazole rings is 1. The number of alkyl halides is 3. The number of hydrogen-bond acceptors (Lipinski definition) is 4. The molecule has 1 aliphatic rings. The zero-order valence-corrected chi connectivity index (χ0v) is 15.1. The normalized spacial score (nSPS) is 19.2. The van der Waals surface area contributed by atoms with Crippen LogP contribution in [-0.2, 0) is 12.7 Å². The van der Waals surface area contributed by atoms with Crippen LogP contribution in [0.1, 0.15) is 29.2 Å². The molecule has 1 fully saturated rings. The van der Waals surface area contributed by atoms with Gasteiger partial charge in [0.05, 0.1) is 11.3 Å². The van der Waals surface area contributed by atoms with Crippen LogP contribution in [0.5, 0.6) is 0 Å². The molecule has 0 spiro atoms. The number of nitrogens with two attached hydrogens (primary N) is 1. The van der Waals surface area contributed by atoms with E-state index in [2.05, 4.69) is 10.3 Å². The highest BCUT2D eigenvalue weighted by atomic mass is 32.1. The van der Waals surface area contributed by atoms with Crippen molar-refractivity contribution in [2.45, 2.75) is 31.1 Å². The molecule has 140 valence electrons. The maximum absolute atomic E-state index is 13.7. The summed E-state index contributed by atoms with van der Waals surface area (Å²) in [6.45, 7) is 0.512. The lowest BCUT2D eigenvalue weighted by atomic mass is 9.96. The van der Waals surface area contributed by atoms with Crippen molar-refractivity contribution in [2.24, 2.45) is 0 Å². The molecule has 0 saturated heterocycles. The van der Waals surface area contributed by atoms with Crippen molar-refractivity contribution in [1.29, 1.82) is 0 Å². The zero-order chi connectivity index (χ0) is 19.0. The first-order valence-corrected chi connectivity index (χ1v) is 9.49. The summed E-state index contributed by atoms with van der Waals surface area (Å²) < 4.78 is 41.0. The molecule has 3 nitrogen and oxygen atoms in total. The molecule has 7 heteroatoms. The van der Waals surface area contributed by atoms with E-state index in [-0.39, 0.29) is 12.0 Å². The monoisotopic (exact) mass is 389 g/mol. The van der Waals surface area contributed by atoms with Gasteiger partial charge in [0.1, 0.15) is 0 Å². The quantitative estimate of drug-likeness (QED) is 0.642. The highest BCUT2D eigenvalue weighted by Crippen LogP contribution is 2.47. The molecule has 4 rings (SSSR count). The van der Waals surface area contributed by atoms with E-state index in [1.54, 1.807) is 12.1 Å². The molecular formula is C20H18F3N3S. The van der Waals surface area contributed by atoms with E-state index in [1.165, 1.54) is 17.4 Å². The van der Waals surface area contributed by atoms with Crippen LogP contribution in [0.4, 0.5) is 18.3 Å². The largest absolute Gasteiger partial charge is 0.416 e. The Labute approximate surface area is 159 Å². The Morgan fingerprint density at radius 2 is 1.89 bits per heavy atom. The molecule has 0 amide bonds. The highest BCUT2D eigenvalue weighted by Gasteiger charge is 2.44. The van der Waals surface area contributed by atoms with Crippen LogP contribution >= 0.6 is 11.3 Å². The molecule has 0 aliphatic heterocycles. The molecule has 27 heavy (non-hydrogen) atoms. The van der Waals surface area contributed by atoms with Gasteiger partial charge in [-0.15, -0.1) is 11.3 Å². The number of benzene rings is 2. The first-order chi connectivity index (χ1) is 12.9. The third-order valence-electron chi connectivity index (χ3n) is 4.77. The fourth-order valence-corrected chi connectivity index (χ4v) is 3.90. The molecule has 1 aromatic heterocycles. The summed E-state index contributed by atoms with van der Waals surface area (Å²) in [5.74, 6) is -0.137. The summed E-state index contributed by atoms with van der Waals surface area (Å²) in [4.78, 5) is 4.16. The van der Waals surface area contributed by atoms with Crippen molar-refractivity contribution in [3.05, 3.63) is 70.7 Å². The predicted molar refractivity (Wildman–Crippen MR) is 101 cm³/mol. The van der Waals surface area contributed by atoms with Crippen molar-refractivity contribution in [3.8, 4) is 11.1 Å². The number of nitrogens with zero attached hydrogens (tertiary/aromatic N) is 1. The van der Waals surface area contributed by atoms with Gasteiger partial charge in [0.25, 0.3) is 0 Å². The van der Waals surface area contributed by atoms with Crippen LogP contribution < -0.4 is 11.1 Å². The minimum absolute atomic E-state index is 0.0246. The smallest absolute Gasteiger partial charge is 0.375 e. The first kappa shape index (κ1) is 18.0. The molecule has 0 bridgehead atoms. The van der Waals surface area contributed by atoms with Crippen molar-refractivity contribution in [1.82, 2.24) is 10.3 Å². The lowest BCUT2D eigenvalue weighted by Gasteiger charge is -2.15. The molecule has 2 atom stereocenters. The van der Waals surface area contributed by atoms with Gasteiger partial charge in [-0.1, -0.05) is 42.5 Å². The Kier molecular flexibility index (Phi) is 4.65. The van der Waals surface area contributed by atoms with Gasteiger partial charge in [0.15, 0.2) is 5.13 Å². The Balaban J connectivity index is 1.54. The lowest BCUT2D eigenvalue weighted by molar-refractivity contribution is -0.138. The standard InChI is InChI=1S/C20H18F3N3S/c21-20(22,23)17-8-13(12-4-2-1-3-5-12)6-7-15(17)16-9-18(16)25-10-14-11-27-19(24)26-14/h1-8,11,16,18,25H,9-10H2,(H2,24,26)/t16-,18+/m0/s1. The second-order valence-corrected chi connectivity index (χ2v) is 7.56. The van der Waals surface area contributed by atoms with Gasteiger partial charge >= 0.3 is 6.18 Å². The zero-order valence-electron chi connectivity index (χ0n) is 14.3. The highest BCUT2D eigenvalue weighted by molar-refractivity contribution is 7.13. The topological polar surface area (TPSA) is 50.9 Å². The van der Waals surface area contributed by atoms with Crippen LogP contribution in [-0.4, -0.2) is 11.0 Å². The Morgan fingerprint density at radius 3 is 2.56 bits per heavy atom. The van der Waals surface area contributed by atoms with Crippen LogP contribution in [0.25, 0.3) is 11.1 Å². The summed E-state index contributed by atoms with van der Waals surface area (Å²) in [6, 6.07) is 13.8. The van der Waals surface area contributed by atoms with E-state index in [1.807, 2.05) is 35.7 Å². The number of halogens is 3. The summed E-state index contributed by atoms with van der Waals surface area (Å²) >= 11 is 1.36. The number of aromatic nitrogens is 1. The summed E-state index contributed by atoms with van der Waals surface area (Å²) in [7, 11) is 0. The molecule has 1 saturated carbocycles. The number of nitrogens with one attached hydrogen (secondary N) is 1. The SMILES string of the molecule is Nc1nc(CN[C@@H]2C[C@H]2c2ccc(-c3ccccc3)cc2C(F)(F)F)cs1. The number of nitrogen functional groups attached to an aromatic ring is 1. The average molecular weight is 389 g/mol. The van der Waals surface area contributed by atoms with Gasteiger partial charge in [-0.3, -0.25) is 0 Å². The van der Waals surface area contributed by atoms with Gasteiger partial charge in [0.2, 0.25) is 0 Å². The Morgan fingerprint density at radius 1 is 1.11 bits per heavy atom. The van der Waals surface area contributed by atoms with Crippen LogP contribution in [0, 0.1) is 0 Å². The van der Waals surface area contributed by atoms with E-state index in [0.717, 1.165) is 11.3 Å². The predicted octanol–water partition coefficient (Wildman–Crippen LogP) is 5.06. The minimum atomic E-state index is -4.38. The molecule has 1 aliphatic carbocycles. The number of anilines is 1. The fourth-order valence-electron chi connectivity index (χ4n) is 3.34. The average Bonchev–Trinajstić information content (AvgIpc) is 3.31. The van der Waals surface area contributed by atoms with Gasteiger partial charge in [0, 0.05) is 23.9 Å². The van der Waals surface area contributed by atoms with Crippen LogP contribution in [0.15, 0.2) is 53.9 Å². The molecule has 3 aromatic rings. The molecule has 3 N–H and O–H groups in total. The Hall–Kier alpha value is -2.38. The van der Waals surface area contributed by atoms with Crippen LogP contribution in [0.3, 0.4) is 0 Å². The van der Waals surface area contributed by atoms with Gasteiger partial charge in [-0.2, -0.15) is 13.2 Å². The maximum Gasteiger partial charge on any atom is 0.416 e. The summed E-state index contributed by atoms with van der Waals surface area (Å²) in [5, 5.41) is 5.63. The molecule has 1 heterocycles. The van der Waals surface area contributed by atoms with E-state index in [9.17, 15) is 13.2 Å². The lowest BCUT2D eigenvalue weighted by Crippen LogP contribution is -2.18. The van der Waals surface area contributed by atoms with Crippen molar-refractivity contribution < 1.29 is 13.2 Å². The van der Waals surface area contributed by atoms with Gasteiger partial charge in [-0.25, -0.2) is 4.98 Å². The number of rotatable bonds is 5. The fraction of sp³-hybridized carbons (Fsp3) is 0.250. The minimum Gasteiger partial charge on any atom is -0.375 e. The maximum atomic E-state index is 13.7. The second kappa shape index (κ2) is 6.98. The molecule has 0 unspecified atom stereocenters. The van der Waals surface area contributed by atoms with Gasteiger partial charge in [-0.05, 0) is 29.2 Å². The second-order valence-electron chi connectivity index (χ2n) is 6.67. The number of hydrogen-bond donors (Lipinski definition) is 2. The molecule has 2 aromatic carbocycles. The third kappa shape index (κ3) is 3.99. The van der Waals surface area contributed by atoms with E-state index in [0.29, 0.717) is 29.2 Å². The molecule has 0 radical (unpaired) electrons. The summed E-state index contributed by atoms with van der Waals surface area (Å²) in [5.41, 5.74) is 7.59. The van der Waals surface area contributed by atoms with Crippen molar-refractivity contribution >= 4 is 16.5 Å². The first-order valence-electron chi connectivity index (χ1n) is 8.61. The van der Waals surface area contributed by atoms with Crippen molar-refractivity contribution in [2.75, 3.05) is 5.73 Å². The van der Waals surface area contributed by atoms with E-state index < -0.39 is 11.7 Å². The van der Waals surface area contributed by atoms with E-state index >= 15 is 0 Å². The third-order valence-corrected chi connectivity index (χ3v) is 5.49. The van der Waals surface area contributed by atoms with E-state index in [4.69, 9.17) is 5.73 Å². The molecular weight excluding hydrogens is 371 g/mol. The van der Waals surface area contributed by atoms with Gasteiger partial charge < -0.3 is 11.1 Å². The Bertz CT molecular complexity index is 937. The summed E-state index contributed by atoms with van der Waals surface area (Å²) in [6.07, 6.45) is -3.69. The van der Waals surface area contributed by atoms with Crippen molar-refractivity contribution in [3.63, 3.8) is 0 Å². The van der Waals surface area contributed by atoms with Crippen LogP contribution in [0.2, 0.25) is 0 Å².